The fourth-order valence-corrected chi connectivity index (χ4v) is 3.05. The number of β-amino-alcohol motifs (C(OH)–C–C–N with tert-alkyl or cyclic N) is 1. The molecule has 2 aromatic rings. The molecule has 1 aliphatic rings. The molecule has 0 aliphatic carbocycles. The first-order valence-electron chi connectivity index (χ1n) is 6.22. The van der Waals surface area contributed by atoms with Gasteiger partial charge in [-0.15, -0.1) is 0 Å². The first-order valence-corrected chi connectivity index (χ1v) is 7.01. The molecule has 94 valence electrons. The van der Waals surface area contributed by atoms with E-state index in [2.05, 4.69) is 31.9 Å². The highest BCUT2D eigenvalue weighted by molar-refractivity contribution is 9.10. The molecule has 3 nitrogen and oxygen atoms in total. The van der Waals surface area contributed by atoms with Gasteiger partial charge in [0.05, 0.1) is 6.10 Å². The number of halogens is 1. The number of nitrogens with zero attached hydrogens (tertiary/aromatic N) is 2. The third-order valence-electron chi connectivity index (χ3n) is 3.43. The van der Waals surface area contributed by atoms with E-state index >= 15 is 0 Å². The minimum atomic E-state index is -0.233. The van der Waals surface area contributed by atoms with Crippen LogP contribution in [0, 0.1) is 0 Å². The molecule has 0 radical (unpaired) electrons. The third-order valence-corrected chi connectivity index (χ3v) is 4.12. The smallest absolute Gasteiger partial charge is 0.136 e. The third kappa shape index (κ3) is 2.10. The van der Waals surface area contributed by atoms with Gasteiger partial charge >= 0.3 is 0 Å². The van der Waals surface area contributed by atoms with Crippen molar-refractivity contribution >= 4 is 32.5 Å². The number of hydrogen-bond donors (Lipinski definition) is 1. The van der Waals surface area contributed by atoms with Gasteiger partial charge in [-0.05, 0) is 25.0 Å². The second-order valence-corrected chi connectivity index (χ2v) is 5.57. The highest BCUT2D eigenvalue weighted by Gasteiger charge is 2.20. The van der Waals surface area contributed by atoms with E-state index in [9.17, 15) is 5.11 Å². The summed E-state index contributed by atoms with van der Waals surface area (Å²) >= 11 is 3.57. The van der Waals surface area contributed by atoms with E-state index < -0.39 is 0 Å². The number of aromatic nitrogens is 1. The number of pyridine rings is 1. The van der Waals surface area contributed by atoms with Crippen molar-refractivity contribution in [2.45, 2.75) is 18.9 Å². The Morgan fingerprint density at radius 3 is 3.00 bits per heavy atom. The first-order chi connectivity index (χ1) is 8.75. The number of fused-ring (bicyclic) bond motifs is 1. The van der Waals surface area contributed by atoms with Gasteiger partial charge in [0.25, 0.3) is 0 Å². The van der Waals surface area contributed by atoms with Crippen molar-refractivity contribution in [3.63, 3.8) is 0 Å². The van der Waals surface area contributed by atoms with Gasteiger partial charge in [0.1, 0.15) is 5.82 Å². The summed E-state index contributed by atoms with van der Waals surface area (Å²) in [5.74, 6) is 0.979. The van der Waals surface area contributed by atoms with Crippen LogP contribution in [0.25, 0.3) is 10.8 Å². The molecule has 0 saturated carbocycles. The van der Waals surface area contributed by atoms with Crippen molar-refractivity contribution in [1.29, 1.82) is 0 Å². The lowest BCUT2D eigenvalue weighted by molar-refractivity contribution is 0.154. The maximum atomic E-state index is 9.79. The zero-order valence-corrected chi connectivity index (χ0v) is 11.6. The Labute approximate surface area is 115 Å². The summed E-state index contributed by atoms with van der Waals surface area (Å²) in [4.78, 5) is 6.68. The lowest BCUT2D eigenvalue weighted by Gasteiger charge is -2.31. The summed E-state index contributed by atoms with van der Waals surface area (Å²) in [6.45, 7) is 1.65. The molecule has 1 aromatic heterocycles. The van der Waals surface area contributed by atoms with Crippen LogP contribution in [0.4, 0.5) is 5.82 Å². The van der Waals surface area contributed by atoms with E-state index in [0.717, 1.165) is 35.1 Å². The van der Waals surface area contributed by atoms with Gasteiger partial charge in [0.2, 0.25) is 0 Å². The normalized spacial score (nSPS) is 20.3. The Morgan fingerprint density at radius 1 is 1.28 bits per heavy atom. The molecule has 1 saturated heterocycles. The van der Waals surface area contributed by atoms with E-state index in [1.165, 1.54) is 5.39 Å². The number of hydrogen-bond acceptors (Lipinski definition) is 3. The van der Waals surface area contributed by atoms with Gasteiger partial charge in [-0.25, -0.2) is 4.98 Å². The highest BCUT2D eigenvalue weighted by atomic mass is 79.9. The Hall–Kier alpha value is -1.13. The van der Waals surface area contributed by atoms with Gasteiger partial charge in [-0.2, -0.15) is 0 Å². The van der Waals surface area contributed by atoms with Gasteiger partial charge in [-0.3, -0.25) is 0 Å². The van der Waals surface area contributed by atoms with Gasteiger partial charge < -0.3 is 10.0 Å². The quantitative estimate of drug-likeness (QED) is 0.880. The van der Waals surface area contributed by atoms with Gasteiger partial charge in [0.15, 0.2) is 0 Å². The fraction of sp³-hybridized carbons (Fsp3) is 0.357. The lowest BCUT2D eigenvalue weighted by atomic mass is 10.1. The number of piperidine rings is 1. The van der Waals surface area contributed by atoms with Crippen molar-refractivity contribution in [1.82, 2.24) is 4.98 Å². The van der Waals surface area contributed by atoms with Crippen LogP contribution >= 0.6 is 15.9 Å². The first kappa shape index (κ1) is 11.9. The standard InChI is InChI=1S/C14H15BrN2O/c15-13-5-1-4-12-11(13)6-7-16-14(12)17-8-2-3-10(18)9-17/h1,4-7,10,18H,2-3,8-9H2. The molecule has 0 bridgehead atoms. The van der Waals surface area contributed by atoms with Crippen molar-refractivity contribution < 1.29 is 5.11 Å². The van der Waals surface area contributed by atoms with E-state index in [0.29, 0.717) is 6.54 Å². The fourth-order valence-electron chi connectivity index (χ4n) is 2.55. The van der Waals surface area contributed by atoms with Crippen LogP contribution in [0.1, 0.15) is 12.8 Å². The van der Waals surface area contributed by atoms with Crippen LogP contribution in [0.2, 0.25) is 0 Å². The SMILES string of the molecule is OC1CCCN(c2nccc3c(Br)cccc23)C1. The van der Waals surface area contributed by atoms with Crippen LogP contribution in [0.3, 0.4) is 0 Å². The van der Waals surface area contributed by atoms with E-state index in [1.807, 2.05) is 24.4 Å². The molecule has 1 unspecified atom stereocenters. The monoisotopic (exact) mass is 306 g/mol. The maximum absolute atomic E-state index is 9.79. The molecule has 1 atom stereocenters. The average Bonchev–Trinajstić information content (AvgIpc) is 2.39. The number of benzene rings is 1. The maximum Gasteiger partial charge on any atom is 0.136 e. The topological polar surface area (TPSA) is 36.4 Å². The lowest BCUT2D eigenvalue weighted by Crippen LogP contribution is -2.38. The van der Waals surface area contributed by atoms with E-state index in [-0.39, 0.29) is 6.10 Å². The van der Waals surface area contributed by atoms with Crippen LogP contribution in [0.15, 0.2) is 34.9 Å². The second kappa shape index (κ2) is 4.86. The van der Waals surface area contributed by atoms with Gasteiger partial charge in [-0.1, -0.05) is 28.1 Å². The summed E-state index contributed by atoms with van der Waals surface area (Å²) in [5.41, 5.74) is 0. The minimum absolute atomic E-state index is 0.233. The largest absolute Gasteiger partial charge is 0.391 e. The van der Waals surface area contributed by atoms with Crippen LogP contribution < -0.4 is 4.90 Å². The van der Waals surface area contributed by atoms with Crippen molar-refractivity contribution in [2.75, 3.05) is 18.0 Å². The average molecular weight is 307 g/mol. The predicted molar refractivity (Wildman–Crippen MR) is 76.9 cm³/mol. The van der Waals surface area contributed by atoms with E-state index in [1.54, 1.807) is 0 Å². The highest BCUT2D eigenvalue weighted by Crippen LogP contribution is 2.30. The number of aliphatic hydroxyl groups excluding tert-OH is 1. The summed E-state index contributed by atoms with van der Waals surface area (Å²) in [5, 5.41) is 12.1. The molecular weight excluding hydrogens is 292 g/mol. The van der Waals surface area contributed by atoms with Crippen LogP contribution in [-0.2, 0) is 0 Å². The summed E-state index contributed by atoms with van der Waals surface area (Å²) in [7, 11) is 0. The minimum Gasteiger partial charge on any atom is -0.391 e. The molecule has 1 N–H and O–H groups in total. The molecular formula is C14H15BrN2O. The molecule has 0 amide bonds. The molecule has 1 fully saturated rings. The molecule has 4 heteroatoms. The summed E-state index contributed by atoms with van der Waals surface area (Å²) in [6, 6.07) is 8.17. The molecule has 3 rings (SSSR count). The number of anilines is 1. The Bertz CT molecular complexity index is 573. The van der Waals surface area contributed by atoms with Crippen LogP contribution in [0.5, 0.6) is 0 Å². The van der Waals surface area contributed by atoms with Crippen molar-refractivity contribution in [3.05, 3.63) is 34.9 Å². The Kier molecular flexibility index (Phi) is 3.22. The van der Waals surface area contributed by atoms with Crippen molar-refractivity contribution in [3.8, 4) is 0 Å². The molecule has 1 aromatic carbocycles. The molecule has 0 spiro atoms. The predicted octanol–water partition coefficient (Wildman–Crippen LogP) is 2.96. The van der Waals surface area contributed by atoms with Crippen molar-refractivity contribution in [2.24, 2.45) is 0 Å². The second-order valence-electron chi connectivity index (χ2n) is 4.71. The zero-order chi connectivity index (χ0) is 12.5. The van der Waals surface area contributed by atoms with Crippen LogP contribution in [-0.4, -0.2) is 29.3 Å². The Balaban J connectivity index is 2.09. The summed E-state index contributed by atoms with van der Waals surface area (Å²) in [6.07, 6.45) is 3.52. The summed E-state index contributed by atoms with van der Waals surface area (Å²) < 4.78 is 1.08. The number of aliphatic hydroxyl groups is 1. The van der Waals surface area contributed by atoms with Gasteiger partial charge in [0, 0.05) is 34.5 Å². The van der Waals surface area contributed by atoms with E-state index in [4.69, 9.17) is 0 Å². The molecule has 18 heavy (non-hydrogen) atoms. The Morgan fingerprint density at radius 2 is 2.17 bits per heavy atom. The molecule has 1 aliphatic heterocycles. The molecule has 2 heterocycles. The zero-order valence-electron chi connectivity index (χ0n) is 10.0. The number of rotatable bonds is 1.